The van der Waals surface area contributed by atoms with Crippen molar-refractivity contribution in [2.75, 3.05) is 36.5 Å². The molecule has 2 aliphatic rings. The summed E-state index contributed by atoms with van der Waals surface area (Å²) in [7, 11) is -21.8. The summed E-state index contributed by atoms with van der Waals surface area (Å²) in [5, 5.41) is 20.9. The lowest BCUT2D eigenvalue weighted by Crippen LogP contribution is -2.26. The first-order valence-electron chi connectivity index (χ1n) is 15.7. The summed E-state index contributed by atoms with van der Waals surface area (Å²) in [6.45, 7) is -1.58. The van der Waals surface area contributed by atoms with Gasteiger partial charge in [0.1, 0.15) is 42.0 Å². The van der Waals surface area contributed by atoms with Crippen LogP contribution in [0, 0.1) is 0 Å². The third kappa shape index (κ3) is 10.2. The first-order chi connectivity index (χ1) is 25.5. The first kappa shape index (κ1) is 42.2. The SMILES string of the molecule is [B]P(=O)(OP(=O)(O)CP(=O)(O)OC[C@H]1O[C@@H](n2cnc3c(N)cccc32)C[C@@H]1O)OP(=O)(O)CP(=O)(O)OC[C@H]1O[C@@H](n2cnc3c(N)ncnc32)C[C@@H]1O. The number of para-hydroxylation sites is 1. The second-order valence-corrected chi connectivity index (χ2v) is 22.7. The van der Waals surface area contributed by atoms with Crippen molar-refractivity contribution in [3.63, 3.8) is 0 Å². The molecule has 25 nitrogen and oxygen atoms in total. The molecule has 1 aromatic carbocycles. The summed E-state index contributed by atoms with van der Waals surface area (Å²) in [5.41, 5.74) is 13.7. The van der Waals surface area contributed by atoms with Crippen LogP contribution in [-0.4, -0.2) is 116 Å². The van der Waals surface area contributed by atoms with Crippen LogP contribution in [0.3, 0.4) is 0 Å². The van der Waals surface area contributed by atoms with Crippen molar-refractivity contribution in [3.05, 3.63) is 37.2 Å². The second kappa shape index (κ2) is 15.7. The number of imidazole rings is 2. The number of aliphatic hydroxyl groups excluding tert-OH is 2. The van der Waals surface area contributed by atoms with Crippen LogP contribution < -0.4 is 11.5 Å². The second-order valence-electron chi connectivity index (χ2n) is 12.4. The summed E-state index contributed by atoms with van der Waals surface area (Å²) >= 11 is 0. The van der Waals surface area contributed by atoms with Crippen molar-refractivity contribution in [3.8, 4) is 0 Å². The highest BCUT2D eigenvalue weighted by atomic mass is 31.3. The molecular formula is C24H34BN8O17P5. The van der Waals surface area contributed by atoms with Crippen LogP contribution in [0.5, 0.6) is 0 Å². The van der Waals surface area contributed by atoms with Gasteiger partial charge >= 0.3 is 30.4 Å². The topological polar surface area (TPSA) is 376 Å². The molecule has 2 aliphatic heterocycles. The molecule has 5 unspecified atom stereocenters. The van der Waals surface area contributed by atoms with Crippen LogP contribution in [0.25, 0.3) is 22.2 Å². The normalized spacial score (nSPS) is 28.7. The van der Waals surface area contributed by atoms with Gasteiger partial charge in [0.15, 0.2) is 23.3 Å². The molecule has 0 amide bonds. The molecule has 55 heavy (non-hydrogen) atoms. The number of nitrogen functional groups attached to an aromatic ring is 2. The molecule has 0 saturated carbocycles. The van der Waals surface area contributed by atoms with Crippen molar-refractivity contribution in [2.24, 2.45) is 0 Å². The van der Waals surface area contributed by atoms with Gasteiger partial charge in [0.2, 0.25) is 7.57 Å². The fourth-order valence-corrected chi connectivity index (χ4v) is 15.4. The van der Waals surface area contributed by atoms with Gasteiger partial charge in [-0.2, -0.15) is 0 Å². The van der Waals surface area contributed by atoms with E-state index in [4.69, 9.17) is 37.6 Å². The lowest BCUT2D eigenvalue weighted by atomic mass is 10.2. The fourth-order valence-electron chi connectivity index (χ4n) is 5.80. The molecule has 31 heteroatoms. The maximum atomic E-state index is 12.7. The zero-order valence-electron chi connectivity index (χ0n) is 28.0. The summed E-state index contributed by atoms with van der Waals surface area (Å²) in [4.78, 5) is 57.0. The summed E-state index contributed by atoms with van der Waals surface area (Å²) in [5.74, 6) is -3.45. The number of ether oxygens (including phenoxy) is 2. The lowest BCUT2D eigenvalue weighted by molar-refractivity contribution is -0.0395. The predicted molar refractivity (Wildman–Crippen MR) is 189 cm³/mol. The lowest BCUT2D eigenvalue weighted by Gasteiger charge is -2.24. The molecule has 3 aromatic heterocycles. The van der Waals surface area contributed by atoms with E-state index in [1.165, 1.54) is 23.5 Å². The molecule has 0 aliphatic carbocycles. The number of aliphatic hydroxyl groups is 2. The molecule has 2 fully saturated rings. The van der Waals surface area contributed by atoms with Gasteiger partial charge in [-0.1, -0.05) is 6.07 Å². The highest BCUT2D eigenvalue weighted by Gasteiger charge is 2.45. The van der Waals surface area contributed by atoms with E-state index in [0.717, 1.165) is 0 Å². The molecule has 0 bridgehead atoms. The zero-order valence-corrected chi connectivity index (χ0v) is 32.5. The van der Waals surface area contributed by atoms with Crippen LogP contribution in [0.4, 0.5) is 11.5 Å². The zero-order chi connectivity index (χ0) is 40.1. The quantitative estimate of drug-likeness (QED) is 0.0447. The minimum Gasteiger partial charge on any atom is -0.397 e. The Kier molecular flexibility index (Phi) is 12.1. The van der Waals surface area contributed by atoms with E-state index in [-0.39, 0.29) is 29.8 Å². The van der Waals surface area contributed by atoms with Gasteiger partial charge < -0.3 is 64.3 Å². The molecule has 0 spiro atoms. The number of anilines is 2. The van der Waals surface area contributed by atoms with E-state index in [1.807, 2.05) is 0 Å². The summed E-state index contributed by atoms with van der Waals surface area (Å²) in [6.07, 6.45) is -2.75. The average molecular weight is 872 g/mol. The van der Waals surface area contributed by atoms with Crippen molar-refractivity contribution in [2.45, 2.75) is 49.7 Å². The number of nitrogens with two attached hydrogens (primary N) is 2. The van der Waals surface area contributed by atoms with E-state index in [1.54, 1.807) is 22.8 Å². The molecule has 2 radical (unpaired) electrons. The Hall–Kier alpha value is -2.43. The molecule has 2 saturated heterocycles. The van der Waals surface area contributed by atoms with Gasteiger partial charge in [-0.15, -0.1) is 0 Å². The first-order valence-corrected chi connectivity index (χ1v) is 24.4. The van der Waals surface area contributed by atoms with Crippen LogP contribution in [0.15, 0.2) is 37.2 Å². The van der Waals surface area contributed by atoms with Gasteiger partial charge in [0.05, 0.1) is 49.3 Å². The Labute approximate surface area is 310 Å². The Morgan fingerprint density at radius 3 is 1.82 bits per heavy atom. The third-order valence-corrected chi connectivity index (χ3v) is 18.8. The molecule has 6 rings (SSSR count). The van der Waals surface area contributed by atoms with E-state index in [9.17, 15) is 52.6 Å². The van der Waals surface area contributed by atoms with Gasteiger partial charge in [0.25, 0.3) is 7.47 Å². The Balaban J connectivity index is 0.980. The molecule has 5 heterocycles. The molecule has 10 N–H and O–H groups in total. The van der Waals surface area contributed by atoms with Gasteiger partial charge in [-0.05, 0) is 12.1 Å². The molecule has 11 atom stereocenters. The maximum absolute atomic E-state index is 12.7. The number of nitrogens with zero attached hydrogens (tertiary/aromatic N) is 6. The van der Waals surface area contributed by atoms with Gasteiger partial charge in [0, 0.05) is 12.8 Å². The number of hydrogen-bond donors (Lipinski definition) is 8. The van der Waals surface area contributed by atoms with E-state index >= 15 is 0 Å². The monoisotopic (exact) mass is 872 g/mol. The molecule has 300 valence electrons. The average Bonchev–Trinajstić information content (AvgIpc) is 3.82. The Bertz CT molecular complexity index is 2160. The van der Waals surface area contributed by atoms with Crippen LogP contribution >= 0.6 is 37.9 Å². The van der Waals surface area contributed by atoms with Crippen LogP contribution in [-0.2, 0) is 50.0 Å². The standard InChI is InChI=1S/C24H34BN8O17P5/c25-55(44,49-53(40,41)11-51(36,37)45-6-17-15(34)4-19(47-17)32-9-30-21-13(26)2-1-3-14(21)32)50-54(42,43)12-52(38,39)46-7-18-16(35)5-20(48-18)33-10-31-22-23(27)28-8-29-24(22)33/h1-3,8-10,15-20,34-35H,4-7,11-12,26H2,(H,36,37)(H,38,39)(H,40,41)(H,42,43)(H2,27,28,29)/t15-,16-,17+,18+,19+,20+,55?/m0/s1. The smallest absolute Gasteiger partial charge is 0.346 e. The fraction of sp³-hybridized carbons (Fsp3) is 0.500. The minimum absolute atomic E-state index is 0.000525. The Morgan fingerprint density at radius 2 is 1.25 bits per heavy atom. The van der Waals surface area contributed by atoms with Crippen molar-refractivity contribution >= 4 is 79.1 Å². The summed E-state index contributed by atoms with van der Waals surface area (Å²) < 4.78 is 95.9. The number of rotatable bonds is 16. The molecular weight excluding hydrogens is 838 g/mol. The highest BCUT2D eigenvalue weighted by Crippen LogP contribution is 2.72. The largest absolute Gasteiger partial charge is 0.397 e. The van der Waals surface area contributed by atoms with E-state index < -0.39 is 99.7 Å². The van der Waals surface area contributed by atoms with Gasteiger partial charge in [-0.3, -0.25) is 27.4 Å². The van der Waals surface area contributed by atoms with Gasteiger partial charge in [-0.25, -0.2) is 28.6 Å². The third-order valence-electron chi connectivity index (χ3n) is 8.13. The number of benzene rings is 1. The number of hydrogen-bond acceptors (Lipinski definition) is 19. The van der Waals surface area contributed by atoms with Crippen LogP contribution in [0.2, 0.25) is 0 Å². The number of aromatic nitrogens is 6. The molecule has 4 aromatic rings. The van der Waals surface area contributed by atoms with E-state index in [2.05, 4.69) is 28.6 Å². The Morgan fingerprint density at radius 1 is 0.745 bits per heavy atom. The van der Waals surface area contributed by atoms with E-state index in [0.29, 0.717) is 16.7 Å². The number of fused-ring (bicyclic) bond motifs is 2. The minimum atomic E-state index is -5.60. The predicted octanol–water partition coefficient (Wildman–Crippen LogP) is 1.34. The van der Waals surface area contributed by atoms with Crippen molar-refractivity contribution in [1.29, 1.82) is 0 Å². The van der Waals surface area contributed by atoms with Crippen molar-refractivity contribution in [1.82, 2.24) is 29.1 Å². The summed E-state index contributed by atoms with van der Waals surface area (Å²) in [6, 6.07) is 5.03. The highest BCUT2D eigenvalue weighted by molar-refractivity contribution is 7.89. The van der Waals surface area contributed by atoms with Crippen LogP contribution in [0.1, 0.15) is 25.3 Å². The van der Waals surface area contributed by atoms with Crippen molar-refractivity contribution < 1.29 is 79.8 Å². The maximum Gasteiger partial charge on any atom is 0.346 e.